The van der Waals surface area contributed by atoms with Gasteiger partial charge in [-0.15, -0.1) is 0 Å². The number of methoxy groups -OCH3 is 3. The van der Waals surface area contributed by atoms with Crippen LogP contribution < -0.4 is 14.2 Å². The molecule has 0 aliphatic carbocycles. The van der Waals surface area contributed by atoms with Crippen LogP contribution in [0.25, 0.3) is 21.7 Å². The van der Waals surface area contributed by atoms with Crippen molar-refractivity contribution in [2.75, 3.05) is 21.3 Å². The van der Waals surface area contributed by atoms with Crippen LogP contribution in [0.15, 0.2) is 48.7 Å². The predicted octanol–water partition coefficient (Wildman–Crippen LogP) is 5.59. The number of nitrogens with zero attached hydrogens (tertiary/aromatic N) is 3. The van der Waals surface area contributed by atoms with Crippen LogP contribution >= 0.6 is 23.1 Å². The zero-order valence-electron chi connectivity index (χ0n) is 17.9. The van der Waals surface area contributed by atoms with Gasteiger partial charge in [0.05, 0.1) is 37.2 Å². The lowest BCUT2D eigenvalue weighted by Crippen LogP contribution is -2.09. The van der Waals surface area contributed by atoms with Crippen molar-refractivity contribution in [3.63, 3.8) is 0 Å². The van der Waals surface area contributed by atoms with Crippen LogP contribution in [0.1, 0.15) is 5.56 Å². The molecule has 0 fully saturated rings. The Kier molecular flexibility index (Phi) is 6.25. The molecule has 162 valence electrons. The molecule has 0 bridgehead atoms. The van der Waals surface area contributed by atoms with Crippen molar-refractivity contribution in [3.8, 4) is 28.8 Å². The molecule has 2 aliphatic heterocycles. The van der Waals surface area contributed by atoms with Crippen LogP contribution in [0.2, 0.25) is 5.02 Å². The molecule has 6 nitrogen and oxygen atoms in total. The van der Waals surface area contributed by atoms with E-state index in [1.165, 1.54) is 0 Å². The average Bonchev–Trinajstić information content (AvgIpc) is 2.92. The third-order valence-corrected chi connectivity index (χ3v) is 6.36. The molecule has 2 aromatic rings. The summed E-state index contributed by atoms with van der Waals surface area (Å²) >= 11 is 7.87. The van der Waals surface area contributed by atoms with E-state index in [0.29, 0.717) is 22.3 Å². The summed E-state index contributed by atoms with van der Waals surface area (Å²) in [6, 6.07) is 13.9. The molecule has 0 N–H and O–H groups in total. The molecular weight excluding hydrogens is 434 g/mol. The van der Waals surface area contributed by atoms with E-state index in [1.54, 1.807) is 32.9 Å². The fraction of sp³-hybridized carbons (Fsp3) is 0.261. The minimum Gasteiger partial charge on any atom is -0.493 e. The second-order valence-corrected chi connectivity index (χ2v) is 8.61. The van der Waals surface area contributed by atoms with Crippen LogP contribution in [0.3, 0.4) is 0 Å². The van der Waals surface area contributed by atoms with Gasteiger partial charge in [-0.1, -0.05) is 23.1 Å². The third kappa shape index (κ3) is 4.29. The van der Waals surface area contributed by atoms with Crippen molar-refractivity contribution in [1.29, 1.82) is 0 Å². The van der Waals surface area contributed by atoms with Crippen LogP contribution in [0.4, 0.5) is 0 Å². The molecule has 0 saturated carbocycles. The van der Waals surface area contributed by atoms with Crippen molar-refractivity contribution in [2.24, 2.45) is 7.05 Å². The van der Waals surface area contributed by atoms with E-state index in [2.05, 4.69) is 14.6 Å². The Morgan fingerprint density at radius 3 is 2.42 bits per heavy atom. The number of ether oxygens (including phenoxy) is 3. The molecule has 2 aliphatic rings. The first-order chi connectivity index (χ1) is 15.0. The van der Waals surface area contributed by atoms with Gasteiger partial charge in [-0.3, -0.25) is 3.96 Å². The van der Waals surface area contributed by atoms with Crippen molar-refractivity contribution in [1.82, 2.24) is 13.5 Å². The number of halogens is 1. The minimum atomic E-state index is 0.595. The summed E-state index contributed by atoms with van der Waals surface area (Å²) < 4.78 is 21.8. The van der Waals surface area contributed by atoms with Gasteiger partial charge in [0.25, 0.3) is 0 Å². The molecule has 2 aromatic carbocycles. The minimum absolute atomic E-state index is 0.595. The number of rotatable bonds is 6. The fourth-order valence-electron chi connectivity index (χ4n) is 3.57. The van der Waals surface area contributed by atoms with Crippen molar-refractivity contribution in [3.05, 3.63) is 59.2 Å². The number of pyridine rings is 1. The monoisotopic (exact) mass is 457 g/mol. The SMILES string of the molecule is COc1cc(CCn2cccc3n(C)sc4ccc(Cl)cc4nc2-3)cc(OC)c1OC. The van der Waals surface area contributed by atoms with Gasteiger partial charge in [-0.05, 0) is 54.4 Å². The first-order valence-electron chi connectivity index (χ1n) is 9.78. The summed E-state index contributed by atoms with van der Waals surface area (Å²) in [6.45, 7) is 0.736. The molecule has 0 amide bonds. The molecule has 4 rings (SSSR count). The molecule has 8 heteroatoms. The molecule has 31 heavy (non-hydrogen) atoms. The third-order valence-electron chi connectivity index (χ3n) is 5.11. The lowest BCUT2D eigenvalue weighted by Gasteiger charge is -2.16. The summed E-state index contributed by atoms with van der Waals surface area (Å²) in [4.78, 5) is 4.97. The van der Waals surface area contributed by atoms with Crippen molar-refractivity contribution in [2.45, 2.75) is 13.0 Å². The number of fused-ring (bicyclic) bond motifs is 2. The first-order valence-corrected chi connectivity index (χ1v) is 10.9. The summed E-state index contributed by atoms with van der Waals surface area (Å²) in [5.74, 6) is 2.79. The van der Waals surface area contributed by atoms with Gasteiger partial charge in [-0.25, -0.2) is 4.98 Å². The Hall–Kier alpha value is -2.90. The fourth-order valence-corrected chi connectivity index (χ4v) is 4.60. The maximum Gasteiger partial charge on any atom is 0.203 e. The lowest BCUT2D eigenvalue weighted by molar-refractivity contribution is 0.323. The maximum absolute atomic E-state index is 6.23. The summed E-state index contributed by atoms with van der Waals surface area (Å²) in [5.41, 5.74) is 3.00. The Bertz CT molecular complexity index is 1220. The van der Waals surface area contributed by atoms with Crippen molar-refractivity contribution < 1.29 is 14.2 Å². The largest absolute Gasteiger partial charge is 0.493 e. The summed E-state index contributed by atoms with van der Waals surface area (Å²) in [7, 11) is 6.91. The van der Waals surface area contributed by atoms with Gasteiger partial charge in [-0.2, -0.15) is 0 Å². The van der Waals surface area contributed by atoms with Gasteiger partial charge in [0.1, 0.15) is 0 Å². The van der Waals surface area contributed by atoms with E-state index >= 15 is 0 Å². The molecular formula is C23H24ClN3O3S. The molecule has 0 saturated heterocycles. The topological polar surface area (TPSA) is 50.4 Å². The Labute approximate surface area is 190 Å². The zero-order valence-corrected chi connectivity index (χ0v) is 19.5. The van der Waals surface area contributed by atoms with Crippen LogP contribution in [-0.2, 0) is 20.0 Å². The Morgan fingerprint density at radius 1 is 1.00 bits per heavy atom. The highest BCUT2D eigenvalue weighted by Gasteiger charge is 2.15. The van der Waals surface area contributed by atoms with E-state index in [9.17, 15) is 0 Å². The quantitative estimate of drug-likeness (QED) is 0.379. The number of aromatic nitrogens is 3. The molecule has 0 aromatic heterocycles. The highest BCUT2D eigenvalue weighted by molar-refractivity contribution is 7.13. The smallest absolute Gasteiger partial charge is 0.203 e. The van der Waals surface area contributed by atoms with Crippen LogP contribution in [-0.4, -0.2) is 34.8 Å². The lowest BCUT2D eigenvalue weighted by atomic mass is 10.1. The van der Waals surface area contributed by atoms with E-state index in [-0.39, 0.29) is 0 Å². The number of aryl methyl sites for hydroxylation is 3. The molecule has 2 heterocycles. The summed E-state index contributed by atoms with van der Waals surface area (Å²) in [6.07, 6.45) is 2.82. The van der Waals surface area contributed by atoms with Gasteiger partial charge >= 0.3 is 0 Å². The Morgan fingerprint density at radius 2 is 1.74 bits per heavy atom. The standard InChI is InChI=1S/C23H24ClN3O3S/c1-26-18-6-5-10-27(23(18)25-17-14-16(24)7-8-21(17)31-26)11-9-15-12-19(28-2)22(30-4)20(13-15)29-3/h5-8,10,12-14H,9,11H2,1-4H3. The van der Waals surface area contributed by atoms with Crippen LogP contribution in [0, 0.1) is 0 Å². The van der Waals surface area contributed by atoms with E-state index < -0.39 is 0 Å². The van der Waals surface area contributed by atoms with E-state index in [0.717, 1.165) is 40.3 Å². The molecule has 0 radical (unpaired) electrons. The highest BCUT2D eigenvalue weighted by Crippen LogP contribution is 2.38. The van der Waals surface area contributed by atoms with E-state index in [4.69, 9.17) is 30.8 Å². The van der Waals surface area contributed by atoms with Crippen molar-refractivity contribution >= 4 is 33.4 Å². The molecule has 0 unspecified atom stereocenters. The predicted molar refractivity (Wildman–Crippen MR) is 126 cm³/mol. The van der Waals surface area contributed by atoms with Gasteiger partial charge in [0.15, 0.2) is 17.3 Å². The zero-order chi connectivity index (χ0) is 22.0. The first kappa shape index (κ1) is 21.3. The van der Waals surface area contributed by atoms with Crippen LogP contribution in [0.5, 0.6) is 17.2 Å². The Balaban J connectivity index is 1.75. The summed E-state index contributed by atoms with van der Waals surface area (Å²) in [5, 5.41) is 0.675. The number of hydrogen-bond acceptors (Lipinski definition) is 5. The number of hydrogen-bond donors (Lipinski definition) is 0. The van der Waals surface area contributed by atoms with Gasteiger partial charge in [0, 0.05) is 24.8 Å². The second kappa shape index (κ2) is 9.08. The van der Waals surface area contributed by atoms with Gasteiger partial charge in [0.2, 0.25) is 5.75 Å². The average molecular weight is 458 g/mol. The normalized spacial score (nSPS) is 11.0. The van der Waals surface area contributed by atoms with Gasteiger partial charge < -0.3 is 18.8 Å². The second-order valence-electron chi connectivity index (χ2n) is 7.01. The molecule has 0 atom stereocenters. The maximum atomic E-state index is 6.23. The van der Waals surface area contributed by atoms with E-state index in [1.807, 2.05) is 49.6 Å². The number of benzene rings is 2. The molecule has 0 spiro atoms. The highest BCUT2D eigenvalue weighted by atomic mass is 35.5.